The molecule has 2 atom stereocenters. The molecule has 0 radical (unpaired) electrons. The Balaban J connectivity index is 1.35. The topological polar surface area (TPSA) is 38.3 Å². The summed E-state index contributed by atoms with van der Waals surface area (Å²) in [7, 11) is 0. The summed E-state index contributed by atoms with van der Waals surface area (Å²) in [6.45, 7) is 3.10. The number of nitrogens with one attached hydrogen (secondary N) is 1. The van der Waals surface area contributed by atoms with Crippen LogP contribution in [0.2, 0.25) is 0 Å². The Hall–Kier alpha value is -1.78. The number of aryl methyl sites for hydroxylation is 2. The lowest BCUT2D eigenvalue weighted by atomic mass is 9.89. The van der Waals surface area contributed by atoms with E-state index < -0.39 is 0 Å². The molecule has 4 heteroatoms. The number of ether oxygens (including phenoxy) is 1. The highest BCUT2D eigenvalue weighted by Crippen LogP contribution is 2.35. The van der Waals surface area contributed by atoms with Gasteiger partial charge in [0.2, 0.25) is 0 Å². The van der Waals surface area contributed by atoms with Crippen LogP contribution in [0.1, 0.15) is 74.7 Å². The van der Waals surface area contributed by atoms with Gasteiger partial charge in [-0.3, -0.25) is 4.79 Å². The molecule has 2 aromatic carbocycles. The molecule has 0 aromatic heterocycles. The van der Waals surface area contributed by atoms with Crippen LogP contribution in [0, 0.1) is 5.92 Å². The van der Waals surface area contributed by atoms with Gasteiger partial charge in [-0.1, -0.05) is 61.7 Å². The second-order valence-corrected chi connectivity index (χ2v) is 10.5. The molecule has 1 fully saturated rings. The molecular weight excluding hydrogens is 414 g/mol. The summed E-state index contributed by atoms with van der Waals surface area (Å²) >= 11 is 1.93. The number of benzene rings is 2. The lowest BCUT2D eigenvalue weighted by Gasteiger charge is -2.29. The lowest BCUT2D eigenvalue weighted by Crippen LogP contribution is -2.36. The first kappa shape index (κ1) is 23.4. The fourth-order valence-electron chi connectivity index (χ4n) is 4.94. The molecule has 2 aliphatic rings. The number of rotatable bonds is 10. The van der Waals surface area contributed by atoms with E-state index in [-0.39, 0.29) is 24.0 Å². The van der Waals surface area contributed by atoms with Crippen LogP contribution >= 0.6 is 11.8 Å². The average Bonchev–Trinajstić information content (AvgIpc) is 3.31. The monoisotopic (exact) mass is 451 g/mol. The summed E-state index contributed by atoms with van der Waals surface area (Å²) in [6, 6.07) is 17.4. The van der Waals surface area contributed by atoms with Crippen molar-refractivity contribution in [3.05, 3.63) is 65.2 Å². The van der Waals surface area contributed by atoms with Crippen LogP contribution in [-0.4, -0.2) is 24.3 Å². The van der Waals surface area contributed by atoms with Crippen molar-refractivity contribution in [1.29, 1.82) is 0 Å². The fourth-order valence-corrected chi connectivity index (χ4v) is 5.99. The summed E-state index contributed by atoms with van der Waals surface area (Å²) in [6.07, 6.45) is 9.77. The lowest BCUT2D eigenvalue weighted by molar-refractivity contribution is -0.157. The van der Waals surface area contributed by atoms with E-state index in [0.717, 1.165) is 69.2 Å². The van der Waals surface area contributed by atoms with E-state index in [0.29, 0.717) is 0 Å². The summed E-state index contributed by atoms with van der Waals surface area (Å²) in [5.74, 6) is 1.23. The van der Waals surface area contributed by atoms with E-state index in [2.05, 4.69) is 60.8 Å². The van der Waals surface area contributed by atoms with Gasteiger partial charge in [-0.2, -0.15) is 0 Å². The minimum Gasteiger partial charge on any atom is -0.456 e. The highest BCUT2D eigenvalue weighted by atomic mass is 32.2. The Bertz CT molecular complexity index is 863. The first-order valence-corrected chi connectivity index (χ1v) is 13.4. The van der Waals surface area contributed by atoms with Crippen molar-refractivity contribution in [3.63, 3.8) is 0 Å². The molecule has 0 bridgehead atoms. The standard InChI is InChI=1S/C28H37NO2S/c1-21(29-18-9-8-12-22-10-4-2-5-11-22)27(31-28(30)23-13-6-3-7-14-23)25-15-16-26-24(20-25)17-19-32-26/h2,4-5,10-11,15-16,20-21,23,27,29H,3,6-9,12-14,17-19H2,1H3. The van der Waals surface area contributed by atoms with Crippen molar-refractivity contribution in [2.24, 2.45) is 5.92 Å². The van der Waals surface area contributed by atoms with E-state index in [1.165, 1.54) is 22.4 Å². The molecule has 0 saturated heterocycles. The Morgan fingerprint density at radius 1 is 1.09 bits per heavy atom. The van der Waals surface area contributed by atoms with E-state index in [4.69, 9.17) is 4.74 Å². The predicted molar refractivity (Wildman–Crippen MR) is 133 cm³/mol. The molecule has 1 heterocycles. The number of thioether (sulfide) groups is 1. The van der Waals surface area contributed by atoms with Gasteiger partial charge in [-0.05, 0) is 74.8 Å². The van der Waals surface area contributed by atoms with Gasteiger partial charge in [0.25, 0.3) is 0 Å². The molecule has 1 aliphatic carbocycles. The third-order valence-electron chi connectivity index (χ3n) is 6.88. The molecule has 172 valence electrons. The third kappa shape index (κ3) is 6.39. The predicted octanol–water partition coefficient (Wildman–Crippen LogP) is 6.50. The van der Waals surface area contributed by atoms with Crippen molar-refractivity contribution < 1.29 is 9.53 Å². The van der Waals surface area contributed by atoms with Crippen molar-refractivity contribution in [2.45, 2.75) is 81.8 Å². The maximum atomic E-state index is 13.0. The molecule has 2 unspecified atom stereocenters. The minimum atomic E-state index is -0.227. The van der Waals surface area contributed by atoms with Gasteiger partial charge in [0.05, 0.1) is 5.92 Å². The summed E-state index contributed by atoms with van der Waals surface area (Å²) < 4.78 is 6.22. The molecule has 1 saturated carbocycles. The molecule has 1 aliphatic heterocycles. The maximum Gasteiger partial charge on any atom is 0.309 e. The largest absolute Gasteiger partial charge is 0.456 e. The van der Waals surface area contributed by atoms with Gasteiger partial charge in [0.15, 0.2) is 0 Å². The molecule has 0 spiro atoms. The van der Waals surface area contributed by atoms with E-state index in [9.17, 15) is 4.79 Å². The number of carbonyl (C=O) groups is 1. The Kier molecular flexibility index (Phi) is 8.69. The van der Waals surface area contributed by atoms with Crippen molar-refractivity contribution >= 4 is 17.7 Å². The molecule has 3 nitrogen and oxygen atoms in total. The van der Waals surface area contributed by atoms with Crippen LogP contribution in [0.15, 0.2) is 53.4 Å². The van der Waals surface area contributed by atoms with Gasteiger partial charge in [0.1, 0.15) is 6.10 Å². The summed E-state index contributed by atoms with van der Waals surface area (Å²) in [5.41, 5.74) is 3.94. The number of hydrogen-bond acceptors (Lipinski definition) is 4. The van der Waals surface area contributed by atoms with Gasteiger partial charge < -0.3 is 10.1 Å². The number of hydrogen-bond donors (Lipinski definition) is 1. The van der Waals surface area contributed by atoms with Crippen LogP contribution in [0.5, 0.6) is 0 Å². The average molecular weight is 452 g/mol. The minimum absolute atomic E-state index is 0.00213. The number of carbonyl (C=O) groups excluding carboxylic acids is 1. The molecule has 0 amide bonds. The van der Waals surface area contributed by atoms with Crippen molar-refractivity contribution in [2.75, 3.05) is 12.3 Å². The Labute approximate surface area is 197 Å². The van der Waals surface area contributed by atoms with E-state index in [1.807, 2.05) is 11.8 Å². The van der Waals surface area contributed by atoms with Crippen molar-refractivity contribution in [3.8, 4) is 0 Å². The number of esters is 1. The maximum absolute atomic E-state index is 13.0. The van der Waals surface area contributed by atoms with Gasteiger partial charge >= 0.3 is 5.97 Å². The van der Waals surface area contributed by atoms with Gasteiger partial charge in [-0.25, -0.2) is 0 Å². The SMILES string of the molecule is CC(NCCCCc1ccccc1)C(OC(=O)C1CCCCC1)c1ccc2c(c1)CCS2. The zero-order valence-electron chi connectivity index (χ0n) is 19.4. The van der Waals surface area contributed by atoms with Crippen LogP contribution in [-0.2, 0) is 22.4 Å². The quantitative estimate of drug-likeness (QED) is 0.330. The summed E-state index contributed by atoms with van der Waals surface area (Å²) in [5, 5.41) is 3.66. The normalized spacial score (nSPS) is 18.2. The Morgan fingerprint density at radius 2 is 1.91 bits per heavy atom. The molecular formula is C28H37NO2S. The van der Waals surface area contributed by atoms with Crippen molar-refractivity contribution in [1.82, 2.24) is 5.32 Å². The highest BCUT2D eigenvalue weighted by molar-refractivity contribution is 7.99. The van der Waals surface area contributed by atoms with Gasteiger partial charge in [-0.15, -0.1) is 11.8 Å². The second kappa shape index (κ2) is 11.9. The third-order valence-corrected chi connectivity index (χ3v) is 8.00. The first-order valence-electron chi connectivity index (χ1n) is 12.4. The first-order chi connectivity index (χ1) is 15.7. The van der Waals surface area contributed by atoms with Crippen LogP contribution in [0.3, 0.4) is 0 Å². The molecule has 2 aromatic rings. The van der Waals surface area contributed by atoms with Crippen LogP contribution in [0.4, 0.5) is 0 Å². The Morgan fingerprint density at radius 3 is 2.72 bits per heavy atom. The molecule has 1 N–H and O–H groups in total. The van der Waals surface area contributed by atoms with E-state index >= 15 is 0 Å². The smallest absolute Gasteiger partial charge is 0.309 e. The molecule has 32 heavy (non-hydrogen) atoms. The summed E-state index contributed by atoms with van der Waals surface area (Å²) in [4.78, 5) is 14.4. The number of fused-ring (bicyclic) bond motifs is 1. The molecule has 4 rings (SSSR count). The van der Waals surface area contributed by atoms with E-state index in [1.54, 1.807) is 0 Å². The zero-order chi connectivity index (χ0) is 22.2. The van der Waals surface area contributed by atoms with Crippen LogP contribution < -0.4 is 5.32 Å². The van der Waals surface area contributed by atoms with Gasteiger partial charge in [0, 0.05) is 16.7 Å². The fraction of sp³-hybridized carbons (Fsp3) is 0.536. The number of unbranched alkanes of at least 4 members (excludes halogenated alkanes) is 1. The second-order valence-electron chi connectivity index (χ2n) is 9.34. The highest BCUT2D eigenvalue weighted by Gasteiger charge is 2.29. The van der Waals surface area contributed by atoms with Crippen LogP contribution in [0.25, 0.3) is 0 Å². The zero-order valence-corrected chi connectivity index (χ0v) is 20.2.